The Hall–Kier alpha value is -3.33. The van der Waals surface area contributed by atoms with Gasteiger partial charge in [0.2, 0.25) is 5.82 Å². The summed E-state index contributed by atoms with van der Waals surface area (Å²) in [6, 6.07) is 13.7. The van der Waals surface area contributed by atoms with Crippen LogP contribution in [-0.4, -0.2) is 38.6 Å². The van der Waals surface area contributed by atoms with Gasteiger partial charge in [0.1, 0.15) is 17.0 Å². The lowest BCUT2D eigenvalue weighted by Gasteiger charge is -2.32. The summed E-state index contributed by atoms with van der Waals surface area (Å²) in [4.78, 5) is 18.9. The molecule has 3 heterocycles. The zero-order chi connectivity index (χ0) is 24.7. The highest BCUT2D eigenvalue weighted by molar-refractivity contribution is 6.33. The van der Waals surface area contributed by atoms with Crippen LogP contribution in [0.4, 0.5) is 13.2 Å². The maximum Gasteiger partial charge on any atom is 0.449 e. The Bertz CT molecular complexity index is 1390. The predicted molar refractivity (Wildman–Crippen MR) is 125 cm³/mol. The third kappa shape index (κ3) is 4.40. The molecule has 0 saturated carbocycles. The average molecular weight is 503 g/mol. The fourth-order valence-corrected chi connectivity index (χ4v) is 4.90. The third-order valence-electron chi connectivity index (χ3n) is 6.46. The number of para-hydroxylation sites is 2. The number of rotatable bonds is 4. The molecule has 35 heavy (non-hydrogen) atoms. The van der Waals surface area contributed by atoms with Crippen LogP contribution in [0.25, 0.3) is 22.3 Å². The Morgan fingerprint density at radius 2 is 1.80 bits per heavy atom. The number of piperidine rings is 1. The lowest BCUT2D eigenvalue weighted by molar-refractivity contribution is -0.147. The van der Waals surface area contributed by atoms with Crippen LogP contribution >= 0.6 is 11.6 Å². The number of carbonyl (C=O) groups excluding carboxylic acids is 1. The Kier molecular flexibility index (Phi) is 6.04. The second kappa shape index (κ2) is 9.03. The molecule has 10 heteroatoms. The topological polar surface area (TPSA) is 64.2 Å². The molecule has 0 atom stereocenters. The molecule has 0 aliphatic carbocycles. The maximum absolute atomic E-state index is 13.6. The molecule has 5 rings (SSSR count). The van der Waals surface area contributed by atoms with E-state index in [1.807, 2.05) is 0 Å². The summed E-state index contributed by atoms with van der Waals surface area (Å²) in [7, 11) is 0. The van der Waals surface area contributed by atoms with Gasteiger partial charge in [-0.25, -0.2) is 4.98 Å². The van der Waals surface area contributed by atoms with Crippen molar-refractivity contribution < 1.29 is 22.5 Å². The zero-order valence-electron chi connectivity index (χ0n) is 18.8. The first-order chi connectivity index (χ1) is 16.7. The molecular weight excluding hydrogens is 481 g/mol. The molecule has 2 aromatic carbocycles. The number of benzene rings is 2. The highest BCUT2D eigenvalue weighted by Crippen LogP contribution is 2.35. The zero-order valence-corrected chi connectivity index (χ0v) is 19.6. The van der Waals surface area contributed by atoms with Gasteiger partial charge in [0, 0.05) is 25.2 Å². The van der Waals surface area contributed by atoms with Gasteiger partial charge >= 0.3 is 6.18 Å². The summed E-state index contributed by atoms with van der Waals surface area (Å²) >= 11 is 6.31. The standard InChI is InChI=1S/C25H22ClF3N4O2/c1-15-21(22(31-35-15)17-6-2-3-7-18(17)26)23(34)32-12-10-16(11-13-32)14-33-20-9-5-4-8-19(20)30-24(33)25(27,28)29/h2-9,16H,10-14H2,1H3. The number of nitrogens with zero attached hydrogens (tertiary/aromatic N) is 4. The summed E-state index contributed by atoms with van der Waals surface area (Å²) < 4.78 is 47.5. The first kappa shape index (κ1) is 23.4. The van der Waals surface area contributed by atoms with E-state index < -0.39 is 12.0 Å². The van der Waals surface area contributed by atoms with Gasteiger partial charge < -0.3 is 14.0 Å². The SMILES string of the molecule is Cc1onc(-c2ccccc2Cl)c1C(=O)N1CCC(Cn2c(C(F)(F)F)nc3ccccc32)CC1. The highest BCUT2D eigenvalue weighted by atomic mass is 35.5. The van der Waals surface area contributed by atoms with Gasteiger partial charge in [-0.15, -0.1) is 0 Å². The Labute approximate surface area is 204 Å². The largest absolute Gasteiger partial charge is 0.449 e. The number of aryl methyl sites for hydroxylation is 1. The van der Waals surface area contributed by atoms with E-state index >= 15 is 0 Å². The smallest absolute Gasteiger partial charge is 0.360 e. The van der Waals surface area contributed by atoms with Crippen LogP contribution in [0.3, 0.4) is 0 Å². The molecule has 1 amide bonds. The Morgan fingerprint density at radius 3 is 2.51 bits per heavy atom. The monoisotopic (exact) mass is 502 g/mol. The molecule has 0 unspecified atom stereocenters. The van der Waals surface area contributed by atoms with Crippen LogP contribution in [-0.2, 0) is 12.7 Å². The van der Waals surface area contributed by atoms with Gasteiger partial charge in [-0.3, -0.25) is 4.79 Å². The second-order valence-electron chi connectivity index (χ2n) is 8.71. The molecule has 4 aromatic rings. The minimum Gasteiger partial charge on any atom is -0.360 e. The van der Waals surface area contributed by atoms with Crippen LogP contribution in [0.2, 0.25) is 5.02 Å². The van der Waals surface area contributed by atoms with E-state index in [2.05, 4.69) is 10.1 Å². The number of hydrogen-bond donors (Lipinski definition) is 0. The van der Waals surface area contributed by atoms with E-state index in [4.69, 9.17) is 16.1 Å². The Balaban J connectivity index is 1.34. The minimum absolute atomic E-state index is 0.0237. The Morgan fingerprint density at radius 1 is 1.11 bits per heavy atom. The second-order valence-corrected chi connectivity index (χ2v) is 9.12. The lowest BCUT2D eigenvalue weighted by Crippen LogP contribution is -2.39. The first-order valence-electron chi connectivity index (χ1n) is 11.3. The molecule has 6 nitrogen and oxygen atoms in total. The number of imidazole rings is 1. The summed E-state index contributed by atoms with van der Waals surface area (Å²) in [6.07, 6.45) is -3.40. The number of fused-ring (bicyclic) bond motifs is 1. The van der Waals surface area contributed by atoms with Gasteiger partial charge in [0.25, 0.3) is 5.91 Å². The van der Waals surface area contributed by atoms with Crippen LogP contribution in [0.5, 0.6) is 0 Å². The van der Waals surface area contributed by atoms with Crippen LogP contribution in [0, 0.1) is 12.8 Å². The molecule has 182 valence electrons. The third-order valence-corrected chi connectivity index (χ3v) is 6.79. The average Bonchev–Trinajstić information content (AvgIpc) is 3.40. The number of amides is 1. The molecule has 0 spiro atoms. The number of halogens is 4. The molecule has 1 aliphatic heterocycles. The van der Waals surface area contributed by atoms with Crippen LogP contribution in [0.15, 0.2) is 53.1 Å². The van der Waals surface area contributed by atoms with E-state index in [0.29, 0.717) is 64.6 Å². The number of alkyl halides is 3. The summed E-state index contributed by atoms with van der Waals surface area (Å²) in [5.74, 6) is -0.737. The fraction of sp³-hybridized carbons (Fsp3) is 0.320. The molecular formula is C25H22ClF3N4O2. The van der Waals surface area contributed by atoms with Crippen molar-refractivity contribution in [2.45, 2.75) is 32.5 Å². The molecule has 0 radical (unpaired) electrons. The molecule has 1 aliphatic rings. The van der Waals surface area contributed by atoms with Crippen molar-refractivity contribution in [2.75, 3.05) is 13.1 Å². The van der Waals surface area contributed by atoms with Crippen molar-refractivity contribution in [3.8, 4) is 11.3 Å². The maximum atomic E-state index is 13.6. The summed E-state index contributed by atoms with van der Waals surface area (Å²) in [6.45, 7) is 2.71. The van der Waals surface area contributed by atoms with Crippen molar-refractivity contribution in [1.82, 2.24) is 19.6 Å². The summed E-state index contributed by atoms with van der Waals surface area (Å²) in [5, 5.41) is 4.53. The van der Waals surface area contributed by atoms with Gasteiger partial charge in [-0.2, -0.15) is 13.2 Å². The van der Waals surface area contributed by atoms with Gasteiger partial charge in [0.15, 0.2) is 0 Å². The van der Waals surface area contributed by atoms with Gasteiger partial charge in [-0.1, -0.05) is 47.1 Å². The molecule has 0 bridgehead atoms. The molecule has 1 saturated heterocycles. The highest BCUT2D eigenvalue weighted by Gasteiger charge is 2.38. The number of likely N-dealkylation sites (tertiary alicyclic amines) is 1. The van der Waals surface area contributed by atoms with Gasteiger partial charge in [-0.05, 0) is 43.9 Å². The van der Waals surface area contributed by atoms with Crippen molar-refractivity contribution in [2.24, 2.45) is 5.92 Å². The summed E-state index contributed by atoms with van der Waals surface area (Å²) in [5.41, 5.74) is 2.14. The van der Waals surface area contributed by atoms with Gasteiger partial charge in [0.05, 0.1) is 16.1 Å². The predicted octanol–water partition coefficient (Wildman–Crippen LogP) is 6.22. The molecule has 0 N–H and O–H groups in total. The first-order valence-corrected chi connectivity index (χ1v) is 11.6. The van der Waals surface area contributed by atoms with E-state index in [1.165, 1.54) is 4.57 Å². The van der Waals surface area contributed by atoms with E-state index in [9.17, 15) is 18.0 Å². The van der Waals surface area contributed by atoms with Crippen LogP contribution in [0.1, 0.15) is 34.8 Å². The van der Waals surface area contributed by atoms with Crippen molar-refractivity contribution in [3.63, 3.8) is 0 Å². The quantitative estimate of drug-likeness (QED) is 0.332. The molecule has 2 aromatic heterocycles. The van der Waals surface area contributed by atoms with Crippen molar-refractivity contribution in [3.05, 3.63) is 70.7 Å². The number of carbonyl (C=O) groups is 1. The normalized spacial score (nSPS) is 15.2. The van der Waals surface area contributed by atoms with E-state index in [-0.39, 0.29) is 18.4 Å². The van der Waals surface area contributed by atoms with Crippen molar-refractivity contribution in [1.29, 1.82) is 0 Å². The minimum atomic E-state index is -4.55. The van der Waals surface area contributed by atoms with Crippen molar-refractivity contribution >= 4 is 28.5 Å². The molecule has 1 fully saturated rings. The van der Waals surface area contributed by atoms with Crippen LogP contribution < -0.4 is 0 Å². The van der Waals surface area contributed by atoms with E-state index in [1.54, 1.807) is 60.4 Å². The van der Waals surface area contributed by atoms with E-state index in [0.717, 1.165) is 0 Å². The fourth-order valence-electron chi connectivity index (χ4n) is 4.67. The number of aromatic nitrogens is 3. The lowest BCUT2D eigenvalue weighted by atomic mass is 9.95. The number of hydrogen-bond acceptors (Lipinski definition) is 4.